The van der Waals surface area contributed by atoms with Crippen LogP contribution in [0.4, 0.5) is 11.6 Å². The molecule has 1 aliphatic carbocycles. The van der Waals surface area contributed by atoms with Crippen LogP contribution in [0, 0.1) is 0 Å². The van der Waals surface area contributed by atoms with Crippen molar-refractivity contribution >= 4 is 11.6 Å². The van der Waals surface area contributed by atoms with Gasteiger partial charge < -0.3 is 15.7 Å². The Hall–Kier alpha value is -1.36. The molecule has 3 N–H and O–H groups in total. The van der Waals surface area contributed by atoms with Crippen molar-refractivity contribution in [3.8, 4) is 0 Å². The Balaban J connectivity index is 1.87. The number of hydrogen-bond acceptors (Lipinski definition) is 5. The first-order chi connectivity index (χ1) is 8.22. The summed E-state index contributed by atoms with van der Waals surface area (Å²) in [5, 5.41) is 16.3. The molecule has 0 spiro atoms. The molecule has 1 aromatic rings. The van der Waals surface area contributed by atoms with Crippen LogP contribution in [0.1, 0.15) is 32.6 Å². The molecule has 0 aromatic carbocycles. The molecule has 5 nitrogen and oxygen atoms in total. The fraction of sp³-hybridized carbons (Fsp3) is 0.667. The van der Waals surface area contributed by atoms with E-state index in [4.69, 9.17) is 0 Å². The molecule has 1 saturated carbocycles. The minimum atomic E-state index is -0.533. The van der Waals surface area contributed by atoms with Gasteiger partial charge in [-0.15, -0.1) is 0 Å². The maximum absolute atomic E-state index is 9.96. The molecule has 0 bridgehead atoms. The molecule has 1 heterocycles. The van der Waals surface area contributed by atoms with Crippen LogP contribution in [0.5, 0.6) is 0 Å². The Bertz CT molecular complexity index is 365. The predicted octanol–water partition coefficient (Wildman–Crippen LogP) is 1.63. The molecule has 17 heavy (non-hydrogen) atoms. The van der Waals surface area contributed by atoms with Gasteiger partial charge in [-0.1, -0.05) is 6.92 Å². The van der Waals surface area contributed by atoms with E-state index in [0.29, 0.717) is 12.4 Å². The van der Waals surface area contributed by atoms with Crippen LogP contribution in [0.15, 0.2) is 12.4 Å². The third kappa shape index (κ3) is 3.30. The second-order valence-corrected chi connectivity index (χ2v) is 4.65. The van der Waals surface area contributed by atoms with Gasteiger partial charge in [0.1, 0.15) is 11.6 Å². The lowest BCUT2D eigenvalue weighted by molar-refractivity contribution is -0.0202. The van der Waals surface area contributed by atoms with Crippen LogP contribution in [0.2, 0.25) is 0 Å². The van der Waals surface area contributed by atoms with Gasteiger partial charge in [-0.2, -0.15) is 0 Å². The lowest BCUT2D eigenvalue weighted by Gasteiger charge is -2.36. The third-order valence-corrected chi connectivity index (χ3v) is 3.07. The van der Waals surface area contributed by atoms with Crippen LogP contribution < -0.4 is 10.6 Å². The van der Waals surface area contributed by atoms with Crippen LogP contribution in [-0.2, 0) is 0 Å². The van der Waals surface area contributed by atoms with E-state index in [1.807, 2.05) is 0 Å². The highest BCUT2D eigenvalue weighted by atomic mass is 16.3. The monoisotopic (exact) mass is 236 g/mol. The van der Waals surface area contributed by atoms with E-state index < -0.39 is 5.60 Å². The van der Waals surface area contributed by atoms with E-state index in [2.05, 4.69) is 27.5 Å². The minimum Gasteiger partial charge on any atom is -0.388 e. The summed E-state index contributed by atoms with van der Waals surface area (Å²) in [5.74, 6) is 1.49. The highest BCUT2D eigenvalue weighted by molar-refractivity contribution is 5.41. The first kappa shape index (κ1) is 12.1. The summed E-state index contributed by atoms with van der Waals surface area (Å²) < 4.78 is 0. The average molecular weight is 236 g/mol. The first-order valence-electron chi connectivity index (χ1n) is 6.24. The Labute approximate surface area is 102 Å². The van der Waals surface area contributed by atoms with E-state index >= 15 is 0 Å². The van der Waals surface area contributed by atoms with Gasteiger partial charge in [0.2, 0.25) is 0 Å². The van der Waals surface area contributed by atoms with Gasteiger partial charge in [0.05, 0.1) is 18.0 Å². The molecule has 5 heteroatoms. The molecule has 0 unspecified atom stereocenters. The summed E-state index contributed by atoms with van der Waals surface area (Å²) >= 11 is 0. The van der Waals surface area contributed by atoms with Gasteiger partial charge in [0.25, 0.3) is 0 Å². The molecule has 0 aliphatic heterocycles. The highest BCUT2D eigenvalue weighted by Gasteiger charge is 2.33. The van der Waals surface area contributed by atoms with Crippen LogP contribution in [0.3, 0.4) is 0 Å². The zero-order chi connectivity index (χ0) is 12.1. The molecular weight excluding hydrogens is 216 g/mol. The fourth-order valence-electron chi connectivity index (χ4n) is 1.81. The maximum atomic E-state index is 9.96. The van der Waals surface area contributed by atoms with Crippen LogP contribution in [0.25, 0.3) is 0 Å². The first-order valence-corrected chi connectivity index (χ1v) is 6.24. The van der Waals surface area contributed by atoms with Crippen molar-refractivity contribution < 1.29 is 5.11 Å². The summed E-state index contributed by atoms with van der Waals surface area (Å²) in [7, 11) is 0. The van der Waals surface area contributed by atoms with E-state index in [-0.39, 0.29) is 0 Å². The van der Waals surface area contributed by atoms with E-state index in [0.717, 1.165) is 38.0 Å². The highest BCUT2D eigenvalue weighted by Crippen LogP contribution is 2.31. The largest absolute Gasteiger partial charge is 0.388 e. The lowest BCUT2D eigenvalue weighted by atomic mass is 9.80. The molecular formula is C12H20N4O. The fourth-order valence-corrected chi connectivity index (χ4v) is 1.81. The second-order valence-electron chi connectivity index (χ2n) is 4.65. The van der Waals surface area contributed by atoms with Gasteiger partial charge in [0, 0.05) is 13.1 Å². The summed E-state index contributed by atoms with van der Waals surface area (Å²) in [4.78, 5) is 8.49. The average Bonchev–Trinajstić information content (AvgIpc) is 2.32. The summed E-state index contributed by atoms with van der Waals surface area (Å²) in [6.07, 6.45) is 7.31. The van der Waals surface area contributed by atoms with Gasteiger partial charge in [-0.05, 0) is 25.7 Å². The zero-order valence-corrected chi connectivity index (χ0v) is 10.2. The molecule has 2 rings (SSSR count). The van der Waals surface area contributed by atoms with E-state index in [1.54, 1.807) is 12.4 Å². The number of rotatable bonds is 6. The number of nitrogens with one attached hydrogen (secondary N) is 2. The molecule has 0 atom stereocenters. The minimum absolute atomic E-state index is 0.533. The Kier molecular flexibility index (Phi) is 3.78. The topological polar surface area (TPSA) is 70.1 Å². The lowest BCUT2D eigenvalue weighted by Crippen LogP contribution is -2.43. The van der Waals surface area contributed by atoms with Crippen molar-refractivity contribution in [3.05, 3.63) is 12.4 Å². The Morgan fingerprint density at radius 1 is 1.29 bits per heavy atom. The smallest absolute Gasteiger partial charge is 0.147 e. The Morgan fingerprint density at radius 2 is 2.00 bits per heavy atom. The van der Waals surface area contributed by atoms with Gasteiger partial charge in [-0.25, -0.2) is 4.98 Å². The van der Waals surface area contributed by atoms with Gasteiger partial charge in [0.15, 0.2) is 0 Å². The summed E-state index contributed by atoms with van der Waals surface area (Å²) in [6, 6.07) is 0. The van der Waals surface area contributed by atoms with Crippen molar-refractivity contribution in [2.24, 2.45) is 0 Å². The zero-order valence-electron chi connectivity index (χ0n) is 10.2. The molecule has 1 aromatic heterocycles. The standard InChI is InChI=1S/C12H20N4O/c1-2-6-14-10-7-13-8-11(16-10)15-9-12(17)4-3-5-12/h7-8,17H,2-6,9H2,1H3,(H2,14,15,16). The predicted molar refractivity (Wildman–Crippen MR) is 68.1 cm³/mol. The van der Waals surface area contributed by atoms with Crippen molar-refractivity contribution in [3.63, 3.8) is 0 Å². The molecule has 94 valence electrons. The summed E-state index contributed by atoms with van der Waals surface area (Å²) in [5.41, 5.74) is -0.533. The number of aromatic nitrogens is 2. The number of nitrogens with zero attached hydrogens (tertiary/aromatic N) is 2. The number of hydrogen-bond donors (Lipinski definition) is 3. The molecule has 1 fully saturated rings. The Morgan fingerprint density at radius 3 is 2.59 bits per heavy atom. The van der Waals surface area contributed by atoms with Crippen molar-refractivity contribution in [2.45, 2.75) is 38.2 Å². The molecule has 0 saturated heterocycles. The number of anilines is 2. The SMILES string of the molecule is CCCNc1cncc(NCC2(O)CCC2)n1. The third-order valence-electron chi connectivity index (χ3n) is 3.07. The van der Waals surface area contributed by atoms with Gasteiger partial charge in [-0.3, -0.25) is 4.98 Å². The normalized spacial score (nSPS) is 17.3. The maximum Gasteiger partial charge on any atom is 0.147 e. The quantitative estimate of drug-likeness (QED) is 0.700. The number of aliphatic hydroxyl groups is 1. The molecule has 0 radical (unpaired) electrons. The van der Waals surface area contributed by atoms with Crippen molar-refractivity contribution in [2.75, 3.05) is 23.7 Å². The second kappa shape index (κ2) is 5.31. The molecule has 1 aliphatic rings. The van der Waals surface area contributed by atoms with Gasteiger partial charge >= 0.3 is 0 Å². The van der Waals surface area contributed by atoms with E-state index in [9.17, 15) is 5.11 Å². The van der Waals surface area contributed by atoms with Crippen molar-refractivity contribution in [1.82, 2.24) is 9.97 Å². The summed E-state index contributed by atoms with van der Waals surface area (Å²) in [6.45, 7) is 3.55. The van der Waals surface area contributed by atoms with Crippen LogP contribution >= 0.6 is 0 Å². The molecule has 0 amide bonds. The van der Waals surface area contributed by atoms with E-state index in [1.165, 1.54) is 0 Å². The van der Waals surface area contributed by atoms with Crippen molar-refractivity contribution in [1.29, 1.82) is 0 Å². The van der Waals surface area contributed by atoms with Crippen LogP contribution in [-0.4, -0.2) is 33.8 Å².